The summed E-state index contributed by atoms with van der Waals surface area (Å²) < 4.78 is 34.8. The number of benzene rings is 2. The average Bonchev–Trinajstić information content (AvgIpc) is 3.40. The molecule has 5 aromatic rings. The van der Waals surface area contributed by atoms with E-state index in [0.717, 1.165) is 16.6 Å². The number of rotatable bonds is 6. The zero-order chi connectivity index (χ0) is 24.6. The molecule has 3 aromatic heterocycles. The monoisotopic (exact) mass is 510 g/mol. The summed E-state index contributed by atoms with van der Waals surface area (Å²) in [6, 6.07) is 7.69. The SMILES string of the molecule is CC(C)(Oc1cc(-c2nccs2)cc2ncnc(Nc3ccc(F)c(Cl)c3F)c12)c1ncccn1. The number of fused-ring (bicyclic) bond motifs is 1. The molecule has 5 rings (SSSR count). The second-order valence-corrected chi connectivity index (χ2v) is 9.23. The van der Waals surface area contributed by atoms with Gasteiger partial charge < -0.3 is 10.1 Å². The highest BCUT2D eigenvalue weighted by molar-refractivity contribution is 7.13. The predicted octanol–water partition coefficient (Wildman–Crippen LogP) is 6.53. The topological polar surface area (TPSA) is 85.7 Å². The minimum atomic E-state index is -0.937. The molecule has 0 atom stereocenters. The fourth-order valence-electron chi connectivity index (χ4n) is 3.50. The van der Waals surface area contributed by atoms with Gasteiger partial charge in [-0.05, 0) is 44.2 Å². The van der Waals surface area contributed by atoms with E-state index in [1.54, 1.807) is 24.7 Å². The second kappa shape index (κ2) is 9.12. The Labute approximate surface area is 207 Å². The van der Waals surface area contributed by atoms with Crippen LogP contribution in [-0.4, -0.2) is 24.9 Å². The number of anilines is 2. The van der Waals surface area contributed by atoms with Gasteiger partial charge in [0, 0.05) is 29.5 Å². The van der Waals surface area contributed by atoms with E-state index in [4.69, 9.17) is 16.3 Å². The molecule has 0 aliphatic rings. The van der Waals surface area contributed by atoms with Crippen molar-refractivity contribution in [2.45, 2.75) is 19.4 Å². The molecule has 0 aliphatic heterocycles. The highest BCUT2D eigenvalue weighted by Crippen LogP contribution is 2.40. The van der Waals surface area contributed by atoms with Crippen molar-refractivity contribution in [3.8, 4) is 16.3 Å². The molecule has 0 bridgehead atoms. The Hall–Kier alpha value is -3.76. The molecular weight excluding hydrogens is 494 g/mol. The molecule has 176 valence electrons. The van der Waals surface area contributed by atoms with Crippen LogP contribution in [0.2, 0.25) is 5.02 Å². The Morgan fingerprint density at radius 3 is 2.54 bits per heavy atom. The van der Waals surface area contributed by atoms with Gasteiger partial charge in [0.15, 0.2) is 17.2 Å². The number of nitrogens with zero attached hydrogens (tertiary/aromatic N) is 5. The molecule has 0 unspecified atom stereocenters. The van der Waals surface area contributed by atoms with E-state index < -0.39 is 22.3 Å². The quantitative estimate of drug-likeness (QED) is 0.260. The molecule has 1 N–H and O–H groups in total. The zero-order valence-corrected chi connectivity index (χ0v) is 20.0. The van der Waals surface area contributed by atoms with Crippen LogP contribution in [0.4, 0.5) is 20.3 Å². The maximum absolute atomic E-state index is 14.7. The number of nitrogens with one attached hydrogen (secondary N) is 1. The van der Waals surface area contributed by atoms with Crippen LogP contribution in [0.3, 0.4) is 0 Å². The molecule has 7 nitrogen and oxygen atoms in total. The van der Waals surface area contributed by atoms with Crippen LogP contribution in [0.15, 0.2) is 60.6 Å². The van der Waals surface area contributed by atoms with Gasteiger partial charge in [-0.2, -0.15) is 0 Å². The van der Waals surface area contributed by atoms with Gasteiger partial charge in [-0.15, -0.1) is 11.3 Å². The highest BCUT2D eigenvalue weighted by atomic mass is 35.5. The minimum Gasteiger partial charge on any atom is -0.479 e. The third-order valence-corrected chi connectivity index (χ3v) is 6.31. The van der Waals surface area contributed by atoms with Crippen molar-refractivity contribution in [1.82, 2.24) is 24.9 Å². The first kappa shape index (κ1) is 23.0. The van der Waals surface area contributed by atoms with E-state index >= 15 is 0 Å². The number of hydrogen-bond donors (Lipinski definition) is 1. The van der Waals surface area contributed by atoms with Gasteiger partial charge >= 0.3 is 0 Å². The molecule has 0 spiro atoms. The normalized spacial score (nSPS) is 11.6. The van der Waals surface area contributed by atoms with Crippen LogP contribution in [-0.2, 0) is 5.60 Å². The fraction of sp³-hybridized carbons (Fsp3) is 0.125. The first-order valence-corrected chi connectivity index (χ1v) is 11.6. The fourth-order valence-corrected chi connectivity index (χ4v) is 4.29. The van der Waals surface area contributed by atoms with E-state index in [-0.39, 0.29) is 11.5 Å². The summed E-state index contributed by atoms with van der Waals surface area (Å²) in [7, 11) is 0. The lowest BCUT2D eigenvalue weighted by Crippen LogP contribution is -2.28. The summed E-state index contributed by atoms with van der Waals surface area (Å²) in [5, 5.41) is 5.42. The summed E-state index contributed by atoms with van der Waals surface area (Å²) in [5.41, 5.74) is 0.335. The largest absolute Gasteiger partial charge is 0.479 e. The first-order chi connectivity index (χ1) is 16.8. The van der Waals surface area contributed by atoms with E-state index in [1.165, 1.54) is 23.7 Å². The minimum absolute atomic E-state index is 0.0444. The Bertz CT molecular complexity index is 1520. The predicted molar refractivity (Wildman–Crippen MR) is 131 cm³/mol. The molecule has 0 aliphatic carbocycles. The standard InChI is InChI=1S/C24H17ClF2N6OS/c1-24(2,23-29-6-3-7-30-23)34-17-11-13(22-28-8-9-35-22)10-16-18(17)21(32-12-31-16)33-15-5-4-14(26)19(25)20(15)27/h3-12H,1-2H3,(H,31,32,33). The van der Waals surface area contributed by atoms with Crippen LogP contribution in [0, 0.1) is 11.6 Å². The van der Waals surface area contributed by atoms with E-state index in [1.807, 2.05) is 31.4 Å². The second-order valence-electron chi connectivity index (χ2n) is 7.96. The molecule has 2 aromatic carbocycles. The number of aromatic nitrogens is 5. The van der Waals surface area contributed by atoms with Gasteiger partial charge in [0.1, 0.15) is 33.7 Å². The Morgan fingerprint density at radius 1 is 1.00 bits per heavy atom. The van der Waals surface area contributed by atoms with Gasteiger partial charge in [0.05, 0.1) is 16.6 Å². The number of hydrogen-bond acceptors (Lipinski definition) is 8. The van der Waals surface area contributed by atoms with Gasteiger partial charge in [-0.3, -0.25) is 0 Å². The van der Waals surface area contributed by atoms with Crippen LogP contribution in [0.25, 0.3) is 21.5 Å². The van der Waals surface area contributed by atoms with Gasteiger partial charge in [0.25, 0.3) is 0 Å². The molecule has 0 amide bonds. The molecule has 0 fully saturated rings. The summed E-state index contributed by atoms with van der Waals surface area (Å²) in [4.78, 5) is 21.7. The molecular formula is C24H17ClF2N6OS. The van der Waals surface area contributed by atoms with Crippen molar-refractivity contribution in [2.24, 2.45) is 0 Å². The molecule has 3 heterocycles. The number of thiazole rings is 1. The van der Waals surface area contributed by atoms with Crippen LogP contribution in [0.1, 0.15) is 19.7 Å². The Balaban J connectivity index is 1.68. The van der Waals surface area contributed by atoms with Gasteiger partial charge in [-0.25, -0.2) is 33.7 Å². The van der Waals surface area contributed by atoms with Crippen LogP contribution in [0.5, 0.6) is 5.75 Å². The number of ether oxygens (including phenoxy) is 1. The maximum atomic E-state index is 14.7. The van der Waals surface area contributed by atoms with Crippen molar-refractivity contribution < 1.29 is 13.5 Å². The molecule has 0 saturated heterocycles. The van der Waals surface area contributed by atoms with Crippen molar-refractivity contribution in [1.29, 1.82) is 0 Å². The van der Waals surface area contributed by atoms with Gasteiger partial charge in [0.2, 0.25) is 0 Å². The molecule has 0 saturated carbocycles. The summed E-state index contributed by atoms with van der Waals surface area (Å²) in [5.74, 6) is -0.665. The molecule has 35 heavy (non-hydrogen) atoms. The smallest absolute Gasteiger partial charge is 0.171 e. The van der Waals surface area contributed by atoms with Crippen molar-refractivity contribution >= 4 is 45.3 Å². The number of halogens is 3. The van der Waals surface area contributed by atoms with Crippen molar-refractivity contribution in [3.63, 3.8) is 0 Å². The molecule has 0 radical (unpaired) electrons. The third-order valence-electron chi connectivity index (χ3n) is 5.14. The summed E-state index contributed by atoms with van der Waals surface area (Å²) >= 11 is 7.23. The summed E-state index contributed by atoms with van der Waals surface area (Å²) in [6.07, 6.45) is 6.32. The third kappa shape index (κ3) is 4.50. The van der Waals surface area contributed by atoms with Crippen molar-refractivity contribution in [3.05, 3.63) is 83.1 Å². The van der Waals surface area contributed by atoms with E-state index in [2.05, 4.69) is 30.2 Å². The van der Waals surface area contributed by atoms with Crippen LogP contribution < -0.4 is 10.1 Å². The highest BCUT2D eigenvalue weighted by Gasteiger charge is 2.28. The first-order valence-electron chi connectivity index (χ1n) is 10.4. The van der Waals surface area contributed by atoms with E-state index in [9.17, 15) is 8.78 Å². The van der Waals surface area contributed by atoms with Gasteiger partial charge in [-0.1, -0.05) is 11.6 Å². The van der Waals surface area contributed by atoms with E-state index in [0.29, 0.717) is 22.5 Å². The lowest BCUT2D eigenvalue weighted by Gasteiger charge is -2.26. The lowest BCUT2D eigenvalue weighted by molar-refractivity contribution is 0.101. The lowest BCUT2D eigenvalue weighted by atomic mass is 10.1. The average molecular weight is 511 g/mol. The Kier molecular flexibility index (Phi) is 6.00. The van der Waals surface area contributed by atoms with Crippen LogP contribution >= 0.6 is 22.9 Å². The maximum Gasteiger partial charge on any atom is 0.171 e. The Morgan fingerprint density at radius 2 is 1.80 bits per heavy atom. The van der Waals surface area contributed by atoms with Crippen molar-refractivity contribution in [2.75, 3.05) is 5.32 Å². The molecule has 11 heteroatoms. The summed E-state index contributed by atoms with van der Waals surface area (Å²) in [6.45, 7) is 3.67. The zero-order valence-electron chi connectivity index (χ0n) is 18.5.